The van der Waals surface area contributed by atoms with Crippen molar-refractivity contribution in [1.82, 2.24) is 0 Å². The smallest absolute Gasteiger partial charge is 0.251 e. The standard InChI is InChI=1S/C5H5ClN2OS/c6-3-1-2(4(7)9)5(8)10-3/h1H,8H2,(H2,7,9). The lowest BCUT2D eigenvalue weighted by Gasteiger charge is -1.87. The van der Waals surface area contributed by atoms with E-state index in [1.54, 1.807) is 0 Å². The molecule has 1 rings (SSSR count). The van der Waals surface area contributed by atoms with Crippen molar-refractivity contribution in [3.05, 3.63) is 16.0 Å². The molecule has 0 spiro atoms. The van der Waals surface area contributed by atoms with Crippen molar-refractivity contribution in [2.45, 2.75) is 0 Å². The molecule has 0 atom stereocenters. The molecule has 0 aliphatic rings. The van der Waals surface area contributed by atoms with Gasteiger partial charge in [0.1, 0.15) is 5.00 Å². The summed E-state index contributed by atoms with van der Waals surface area (Å²) < 4.78 is 0.478. The quantitative estimate of drug-likeness (QED) is 0.673. The summed E-state index contributed by atoms with van der Waals surface area (Å²) in [5, 5.41) is 0.373. The molecule has 10 heavy (non-hydrogen) atoms. The van der Waals surface area contributed by atoms with E-state index in [0.29, 0.717) is 14.9 Å². The van der Waals surface area contributed by atoms with E-state index in [4.69, 9.17) is 23.1 Å². The SMILES string of the molecule is NC(=O)c1cc(Cl)sc1N. The highest BCUT2D eigenvalue weighted by Gasteiger charge is 2.08. The van der Waals surface area contributed by atoms with Crippen molar-refractivity contribution < 1.29 is 4.79 Å². The molecule has 0 fully saturated rings. The fourth-order valence-electron chi connectivity index (χ4n) is 0.567. The number of nitrogens with two attached hydrogens (primary N) is 2. The van der Waals surface area contributed by atoms with Crippen molar-refractivity contribution >= 4 is 33.8 Å². The predicted molar refractivity (Wildman–Crippen MR) is 42.3 cm³/mol. The molecule has 0 radical (unpaired) electrons. The Morgan fingerprint density at radius 3 is 2.50 bits per heavy atom. The molecule has 54 valence electrons. The zero-order chi connectivity index (χ0) is 7.72. The number of nitrogen functional groups attached to an aromatic ring is 1. The minimum atomic E-state index is -0.541. The zero-order valence-corrected chi connectivity index (χ0v) is 6.50. The van der Waals surface area contributed by atoms with Crippen LogP contribution in [0.3, 0.4) is 0 Å². The van der Waals surface area contributed by atoms with Gasteiger partial charge in [0, 0.05) is 0 Å². The molecule has 0 unspecified atom stereocenters. The van der Waals surface area contributed by atoms with Gasteiger partial charge in [-0.1, -0.05) is 11.6 Å². The van der Waals surface area contributed by atoms with Gasteiger partial charge in [-0.3, -0.25) is 4.79 Å². The monoisotopic (exact) mass is 176 g/mol. The summed E-state index contributed by atoms with van der Waals surface area (Å²) in [6.45, 7) is 0. The molecule has 1 amide bonds. The number of hydrogen-bond donors (Lipinski definition) is 2. The van der Waals surface area contributed by atoms with Crippen LogP contribution in [-0.4, -0.2) is 5.91 Å². The summed E-state index contributed by atoms with van der Waals surface area (Å²) in [5.74, 6) is -0.541. The van der Waals surface area contributed by atoms with Crippen LogP contribution < -0.4 is 11.5 Å². The molecule has 1 aromatic rings. The highest BCUT2D eigenvalue weighted by molar-refractivity contribution is 7.20. The van der Waals surface area contributed by atoms with Crippen LogP contribution in [0.4, 0.5) is 5.00 Å². The summed E-state index contributed by atoms with van der Waals surface area (Å²) in [7, 11) is 0. The van der Waals surface area contributed by atoms with E-state index in [0.717, 1.165) is 11.3 Å². The Bertz CT molecular complexity index is 271. The van der Waals surface area contributed by atoms with Gasteiger partial charge in [-0.2, -0.15) is 0 Å². The lowest BCUT2D eigenvalue weighted by atomic mass is 10.3. The summed E-state index contributed by atoms with van der Waals surface area (Å²) in [6.07, 6.45) is 0. The van der Waals surface area contributed by atoms with Gasteiger partial charge >= 0.3 is 0 Å². The lowest BCUT2D eigenvalue weighted by Crippen LogP contribution is -2.11. The molecule has 1 heterocycles. The molecule has 5 heteroatoms. The number of halogens is 1. The second-order valence-corrected chi connectivity index (χ2v) is 3.41. The average molecular weight is 177 g/mol. The van der Waals surface area contributed by atoms with Gasteiger partial charge in [0.25, 0.3) is 5.91 Å². The topological polar surface area (TPSA) is 69.1 Å². The summed E-state index contributed by atoms with van der Waals surface area (Å²) in [5.41, 5.74) is 10.6. The van der Waals surface area contributed by atoms with Crippen molar-refractivity contribution in [2.24, 2.45) is 5.73 Å². The molecule has 0 saturated heterocycles. The fraction of sp³-hybridized carbons (Fsp3) is 0. The average Bonchev–Trinajstić information content (AvgIpc) is 2.10. The Morgan fingerprint density at radius 1 is 1.70 bits per heavy atom. The number of carbonyl (C=O) groups is 1. The van der Waals surface area contributed by atoms with Gasteiger partial charge < -0.3 is 11.5 Å². The molecule has 4 N–H and O–H groups in total. The maximum absolute atomic E-state index is 10.5. The highest BCUT2D eigenvalue weighted by atomic mass is 35.5. The normalized spacial score (nSPS) is 9.70. The number of rotatable bonds is 1. The summed E-state index contributed by atoms with van der Waals surface area (Å²) in [6, 6.07) is 1.46. The van der Waals surface area contributed by atoms with Crippen molar-refractivity contribution in [3.8, 4) is 0 Å². The maximum Gasteiger partial charge on any atom is 0.251 e. The third-order valence-electron chi connectivity index (χ3n) is 0.996. The third-order valence-corrected chi connectivity index (χ3v) is 2.09. The molecule has 0 aliphatic carbocycles. The van der Waals surface area contributed by atoms with Gasteiger partial charge in [-0.15, -0.1) is 11.3 Å². The Balaban J connectivity index is 3.15. The van der Waals surface area contributed by atoms with Crippen molar-refractivity contribution in [1.29, 1.82) is 0 Å². The number of anilines is 1. The molecule has 1 aromatic heterocycles. The van der Waals surface area contributed by atoms with E-state index >= 15 is 0 Å². The molecule has 0 saturated carbocycles. The predicted octanol–water partition coefficient (Wildman–Crippen LogP) is 1.08. The molecular formula is C5H5ClN2OS. The van der Waals surface area contributed by atoms with Crippen LogP contribution in [0.5, 0.6) is 0 Å². The van der Waals surface area contributed by atoms with Gasteiger partial charge in [0.2, 0.25) is 0 Å². The van der Waals surface area contributed by atoms with E-state index in [1.165, 1.54) is 6.07 Å². The van der Waals surface area contributed by atoms with E-state index in [1.807, 2.05) is 0 Å². The Kier molecular flexibility index (Phi) is 1.82. The lowest BCUT2D eigenvalue weighted by molar-refractivity contribution is 0.100. The van der Waals surface area contributed by atoms with Gasteiger partial charge in [-0.05, 0) is 6.07 Å². The van der Waals surface area contributed by atoms with Crippen LogP contribution in [0.2, 0.25) is 4.34 Å². The number of hydrogen-bond acceptors (Lipinski definition) is 3. The zero-order valence-electron chi connectivity index (χ0n) is 4.93. The molecular weight excluding hydrogens is 172 g/mol. The molecule has 3 nitrogen and oxygen atoms in total. The second-order valence-electron chi connectivity index (χ2n) is 1.69. The molecule has 0 aromatic carbocycles. The number of amides is 1. The van der Waals surface area contributed by atoms with Crippen LogP contribution in [0.15, 0.2) is 6.07 Å². The third kappa shape index (κ3) is 1.22. The first-order valence-corrected chi connectivity index (χ1v) is 3.65. The van der Waals surface area contributed by atoms with Crippen molar-refractivity contribution in [2.75, 3.05) is 5.73 Å². The first kappa shape index (κ1) is 7.37. The summed E-state index contributed by atoms with van der Waals surface area (Å²) >= 11 is 6.68. The first-order chi connectivity index (χ1) is 4.61. The minimum Gasteiger partial charge on any atom is -0.390 e. The molecule has 0 bridgehead atoms. The van der Waals surface area contributed by atoms with Gasteiger partial charge in [0.15, 0.2) is 0 Å². The second kappa shape index (κ2) is 2.48. The number of thiophene rings is 1. The van der Waals surface area contributed by atoms with E-state index in [-0.39, 0.29) is 0 Å². The van der Waals surface area contributed by atoms with Crippen LogP contribution in [-0.2, 0) is 0 Å². The Hall–Kier alpha value is -0.740. The first-order valence-electron chi connectivity index (χ1n) is 2.46. The highest BCUT2D eigenvalue weighted by Crippen LogP contribution is 2.28. The van der Waals surface area contributed by atoms with E-state index in [2.05, 4.69) is 0 Å². The number of primary amides is 1. The van der Waals surface area contributed by atoms with E-state index < -0.39 is 5.91 Å². The van der Waals surface area contributed by atoms with Gasteiger partial charge in [-0.25, -0.2) is 0 Å². The maximum atomic E-state index is 10.5. The Labute approximate surface area is 66.6 Å². The van der Waals surface area contributed by atoms with Crippen LogP contribution in [0.1, 0.15) is 10.4 Å². The van der Waals surface area contributed by atoms with Gasteiger partial charge in [0.05, 0.1) is 9.90 Å². The fourth-order valence-corrected chi connectivity index (χ4v) is 1.58. The Morgan fingerprint density at radius 2 is 2.30 bits per heavy atom. The van der Waals surface area contributed by atoms with Crippen LogP contribution in [0, 0.1) is 0 Å². The van der Waals surface area contributed by atoms with Crippen LogP contribution in [0.25, 0.3) is 0 Å². The van der Waals surface area contributed by atoms with Crippen LogP contribution >= 0.6 is 22.9 Å². The number of carbonyl (C=O) groups excluding carboxylic acids is 1. The molecule has 0 aliphatic heterocycles. The summed E-state index contributed by atoms with van der Waals surface area (Å²) in [4.78, 5) is 10.5. The van der Waals surface area contributed by atoms with Crippen molar-refractivity contribution in [3.63, 3.8) is 0 Å². The largest absolute Gasteiger partial charge is 0.390 e. The van der Waals surface area contributed by atoms with E-state index in [9.17, 15) is 4.79 Å². The minimum absolute atomic E-state index is 0.301.